The van der Waals surface area contributed by atoms with Gasteiger partial charge in [-0.2, -0.15) is 0 Å². The molecule has 32 heavy (non-hydrogen) atoms. The molecule has 0 N–H and O–H groups in total. The highest BCUT2D eigenvalue weighted by Gasteiger charge is 2.13. The molecule has 1 nitrogen and oxygen atoms in total. The molecule has 0 atom stereocenters. The summed E-state index contributed by atoms with van der Waals surface area (Å²) in [5, 5.41) is 0. The molecule has 1 heteroatoms. The van der Waals surface area contributed by atoms with E-state index in [1.54, 1.807) is 0 Å². The van der Waals surface area contributed by atoms with Crippen LogP contribution >= 0.6 is 0 Å². The van der Waals surface area contributed by atoms with Gasteiger partial charge in [0.05, 0.1) is 0 Å². The van der Waals surface area contributed by atoms with Gasteiger partial charge in [-0.15, -0.1) is 0 Å². The van der Waals surface area contributed by atoms with E-state index in [1.165, 1.54) is 27.8 Å². The molecule has 4 aromatic carbocycles. The Bertz CT molecular complexity index is 1230. The predicted molar refractivity (Wildman–Crippen MR) is 138 cm³/mol. The van der Waals surface area contributed by atoms with Crippen LogP contribution in [0.25, 0.3) is 16.7 Å². The molecule has 5 rings (SSSR count). The van der Waals surface area contributed by atoms with E-state index in [-0.39, 0.29) is 0 Å². The van der Waals surface area contributed by atoms with Crippen LogP contribution in [0.5, 0.6) is 0 Å². The predicted octanol–water partition coefficient (Wildman–Crippen LogP) is 8.87. The summed E-state index contributed by atoms with van der Waals surface area (Å²) in [5.41, 5.74) is 9.80. The van der Waals surface area contributed by atoms with E-state index in [0.717, 1.165) is 29.9 Å². The zero-order chi connectivity index (χ0) is 21.8. The number of rotatable bonds is 5. The summed E-state index contributed by atoms with van der Waals surface area (Å²) in [7, 11) is 0. The molecule has 0 heterocycles. The van der Waals surface area contributed by atoms with Gasteiger partial charge in [0, 0.05) is 17.1 Å². The summed E-state index contributed by atoms with van der Waals surface area (Å²) in [6.45, 7) is 2.12. The Labute approximate surface area is 191 Å². The Morgan fingerprint density at radius 2 is 1.06 bits per heavy atom. The molecule has 1 aliphatic carbocycles. The van der Waals surface area contributed by atoms with Crippen molar-refractivity contribution in [2.75, 3.05) is 4.90 Å². The quantitative estimate of drug-likeness (QED) is 0.316. The average molecular weight is 414 g/mol. The number of para-hydroxylation sites is 1. The van der Waals surface area contributed by atoms with Crippen molar-refractivity contribution >= 4 is 22.6 Å². The summed E-state index contributed by atoms with van der Waals surface area (Å²) < 4.78 is 0. The standard InChI is InChI=1S/C31H27N/c1-24-12-14-26(15-13-24)28-18-22-31(23-19-28)32(29-10-6-3-7-11-29)30-20-16-27(17-21-30)25-8-4-2-5-9-25/h3-4,6-23H,2,5H2,1H3. The largest absolute Gasteiger partial charge is 0.311 e. The first kappa shape index (κ1) is 20.1. The lowest BCUT2D eigenvalue weighted by Crippen LogP contribution is -2.09. The van der Waals surface area contributed by atoms with Gasteiger partial charge >= 0.3 is 0 Å². The van der Waals surface area contributed by atoms with Crippen molar-refractivity contribution in [2.24, 2.45) is 0 Å². The Morgan fingerprint density at radius 1 is 0.531 bits per heavy atom. The minimum Gasteiger partial charge on any atom is -0.311 e. The topological polar surface area (TPSA) is 3.24 Å². The molecule has 0 spiro atoms. The van der Waals surface area contributed by atoms with Crippen molar-refractivity contribution in [3.63, 3.8) is 0 Å². The lowest BCUT2D eigenvalue weighted by Gasteiger charge is -2.26. The fourth-order valence-corrected chi connectivity index (χ4v) is 4.20. The van der Waals surface area contributed by atoms with Gasteiger partial charge in [0.25, 0.3) is 0 Å². The van der Waals surface area contributed by atoms with Crippen molar-refractivity contribution in [2.45, 2.75) is 19.8 Å². The summed E-state index contributed by atoms with van der Waals surface area (Å²) >= 11 is 0. The molecule has 156 valence electrons. The van der Waals surface area contributed by atoms with Crippen molar-refractivity contribution in [1.82, 2.24) is 0 Å². The molecule has 0 aromatic heterocycles. The Morgan fingerprint density at radius 3 is 1.62 bits per heavy atom. The number of benzene rings is 4. The first-order valence-corrected chi connectivity index (χ1v) is 11.3. The third kappa shape index (κ3) is 4.29. The third-order valence-electron chi connectivity index (χ3n) is 5.98. The summed E-state index contributed by atoms with van der Waals surface area (Å²) in [6, 6.07) is 37.0. The SMILES string of the molecule is Cc1ccc(-c2ccc(N(c3ccccc3)c3ccc(C4=CCCC=C4)cc3)cc2)cc1. The van der Waals surface area contributed by atoms with Gasteiger partial charge in [-0.3, -0.25) is 0 Å². The van der Waals surface area contributed by atoms with E-state index in [1.807, 2.05) is 0 Å². The summed E-state index contributed by atoms with van der Waals surface area (Å²) in [5.74, 6) is 0. The fraction of sp³-hybridized carbons (Fsp3) is 0.0968. The van der Waals surface area contributed by atoms with E-state index in [0.29, 0.717) is 0 Å². The smallest absolute Gasteiger partial charge is 0.0462 e. The van der Waals surface area contributed by atoms with Crippen LogP contribution in [0.3, 0.4) is 0 Å². The maximum absolute atomic E-state index is 2.33. The molecule has 0 fully saturated rings. The lowest BCUT2D eigenvalue weighted by atomic mass is 9.99. The van der Waals surface area contributed by atoms with Crippen molar-refractivity contribution in [3.8, 4) is 11.1 Å². The highest BCUT2D eigenvalue weighted by molar-refractivity contribution is 5.81. The summed E-state index contributed by atoms with van der Waals surface area (Å²) in [6.07, 6.45) is 9.08. The van der Waals surface area contributed by atoms with E-state index in [9.17, 15) is 0 Å². The van der Waals surface area contributed by atoms with Gasteiger partial charge < -0.3 is 4.90 Å². The third-order valence-corrected chi connectivity index (χ3v) is 5.98. The average Bonchev–Trinajstić information content (AvgIpc) is 2.87. The maximum Gasteiger partial charge on any atom is 0.0462 e. The molecule has 0 unspecified atom stereocenters. The molecular formula is C31H27N. The van der Waals surface area contributed by atoms with Crippen LogP contribution in [0.15, 0.2) is 121 Å². The number of anilines is 3. The van der Waals surface area contributed by atoms with E-state index in [4.69, 9.17) is 0 Å². The molecule has 4 aromatic rings. The van der Waals surface area contributed by atoms with Crippen molar-refractivity contribution in [1.29, 1.82) is 0 Å². The van der Waals surface area contributed by atoms with Gasteiger partial charge in [0.2, 0.25) is 0 Å². The summed E-state index contributed by atoms with van der Waals surface area (Å²) in [4.78, 5) is 2.31. The van der Waals surface area contributed by atoms with Gasteiger partial charge in [-0.05, 0) is 78.4 Å². The van der Waals surface area contributed by atoms with Crippen LogP contribution in [-0.2, 0) is 0 Å². The minimum absolute atomic E-state index is 1.12. The molecule has 0 aliphatic heterocycles. The first-order valence-electron chi connectivity index (χ1n) is 11.3. The van der Waals surface area contributed by atoms with E-state index in [2.05, 4.69) is 133 Å². The van der Waals surface area contributed by atoms with Gasteiger partial charge in [-0.25, -0.2) is 0 Å². The maximum atomic E-state index is 2.33. The van der Waals surface area contributed by atoms with Crippen molar-refractivity contribution in [3.05, 3.63) is 132 Å². The van der Waals surface area contributed by atoms with Crippen molar-refractivity contribution < 1.29 is 0 Å². The van der Waals surface area contributed by atoms with Crippen LogP contribution in [0.2, 0.25) is 0 Å². The molecular weight excluding hydrogens is 386 g/mol. The Kier molecular flexibility index (Phi) is 5.72. The molecule has 0 amide bonds. The number of aryl methyl sites for hydroxylation is 1. The fourth-order valence-electron chi connectivity index (χ4n) is 4.20. The van der Waals surface area contributed by atoms with Crippen LogP contribution in [0.4, 0.5) is 17.1 Å². The number of hydrogen-bond donors (Lipinski definition) is 0. The zero-order valence-electron chi connectivity index (χ0n) is 18.4. The van der Waals surface area contributed by atoms with E-state index < -0.39 is 0 Å². The van der Waals surface area contributed by atoms with Gasteiger partial charge in [-0.1, -0.05) is 90.5 Å². The second-order valence-electron chi connectivity index (χ2n) is 8.27. The molecule has 1 aliphatic rings. The normalized spacial score (nSPS) is 13.0. The second-order valence-corrected chi connectivity index (χ2v) is 8.27. The highest BCUT2D eigenvalue weighted by atomic mass is 15.1. The molecule has 0 saturated carbocycles. The van der Waals surface area contributed by atoms with Crippen LogP contribution in [0, 0.1) is 6.92 Å². The first-order chi connectivity index (χ1) is 15.8. The van der Waals surface area contributed by atoms with Crippen LogP contribution < -0.4 is 4.90 Å². The van der Waals surface area contributed by atoms with Crippen LogP contribution in [-0.4, -0.2) is 0 Å². The lowest BCUT2D eigenvalue weighted by molar-refractivity contribution is 1.04. The Hall–Kier alpha value is -3.84. The molecule has 0 saturated heterocycles. The minimum atomic E-state index is 1.12. The number of hydrogen-bond acceptors (Lipinski definition) is 1. The van der Waals surface area contributed by atoms with Gasteiger partial charge in [0.15, 0.2) is 0 Å². The van der Waals surface area contributed by atoms with E-state index >= 15 is 0 Å². The Balaban J connectivity index is 1.50. The zero-order valence-corrected chi connectivity index (χ0v) is 18.4. The molecule has 0 radical (unpaired) electrons. The number of nitrogens with zero attached hydrogens (tertiary/aromatic N) is 1. The molecule has 0 bridgehead atoms. The second kappa shape index (κ2) is 9.11. The van der Waals surface area contributed by atoms with Crippen LogP contribution in [0.1, 0.15) is 24.0 Å². The number of allylic oxidation sites excluding steroid dienone is 4. The highest BCUT2D eigenvalue weighted by Crippen LogP contribution is 2.36. The monoisotopic (exact) mass is 413 g/mol. The van der Waals surface area contributed by atoms with Gasteiger partial charge in [0.1, 0.15) is 0 Å².